The third-order valence-electron chi connectivity index (χ3n) is 2.96. The highest BCUT2D eigenvalue weighted by atomic mass is 16.6. The zero-order valence-corrected chi connectivity index (χ0v) is 11.0. The number of aryl methyl sites for hydroxylation is 1. The Morgan fingerprint density at radius 2 is 1.84 bits per heavy atom. The molecule has 96 valence electrons. The second kappa shape index (κ2) is 5.48. The highest BCUT2D eigenvalue weighted by Crippen LogP contribution is 2.28. The van der Waals surface area contributed by atoms with E-state index in [-0.39, 0.29) is 10.6 Å². The van der Waals surface area contributed by atoms with Crippen LogP contribution in [0.3, 0.4) is 0 Å². The van der Waals surface area contributed by atoms with Crippen LogP contribution >= 0.6 is 0 Å². The summed E-state index contributed by atoms with van der Waals surface area (Å²) in [5, 5.41) is 11.1. The molecule has 0 spiro atoms. The molecule has 0 aliphatic heterocycles. The molecule has 19 heavy (non-hydrogen) atoms. The van der Waals surface area contributed by atoms with Gasteiger partial charge in [0.15, 0.2) is 0 Å². The first kappa shape index (κ1) is 13.0. The summed E-state index contributed by atoms with van der Waals surface area (Å²) in [6, 6.07) is 15.0. The first-order valence-electron chi connectivity index (χ1n) is 6.06. The van der Waals surface area contributed by atoms with Crippen LogP contribution < -0.4 is 0 Å². The minimum atomic E-state index is -0.336. The van der Waals surface area contributed by atoms with Crippen molar-refractivity contribution in [2.75, 3.05) is 0 Å². The molecule has 0 aliphatic carbocycles. The molecule has 0 saturated heterocycles. The Bertz CT molecular complexity index is 630. The molecule has 0 aliphatic rings. The number of nitrogens with zero attached hydrogens (tertiary/aromatic N) is 1. The minimum absolute atomic E-state index is 0.148. The highest BCUT2D eigenvalue weighted by Gasteiger charge is 2.14. The van der Waals surface area contributed by atoms with Gasteiger partial charge in [-0.05, 0) is 31.1 Å². The maximum absolute atomic E-state index is 11.1. The average molecular weight is 253 g/mol. The summed E-state index contributed by atoms with van der Waals surface area (Å²) in [7, 11) is 0. The molecule has 0 aromatic heterocycles. The van der Waals surface area contributed by atoms with E-state index in [9.17, 15) is 10.1 Å². The summed E-state index contributed by atoms with van der Waals surface area (Å²) in [6.45, 7) is 3.83. The van der Waals surface area contributed by atoms with E-state index in [4.69, 9.17) is 0 Å². The lowest BCUT2D eigenvalue weighted by atomic mass is 10.0. The largest absolute Gasteiger partial charge is 0.276 e. The van der Waals surface area contributed by atoms with Gasteiger partial charge in [0.05, 0.1) is 10.5 Å². The summed E-state index contributed by atoms with van der Waals surface area (Å²) < 4.78 is 0. The molecule has 2 aromatic carbocycles. The molecular weight excluding hydrogens is 238 g/mol. The molecule has 0 amide bonds. The third-order valence-corrected chi connectivity index (χ3v) is 2.96. The van der Waals surface area contributed by atoms with Crippen LogP contribution in [0.5, 0.6) is 0 Å². The summed E-state index contributed by atoms with van der Waals surface area (Å²) in [6.07, 6.45) is 1.96. The minimum Gasteiger partial charge on any atom is -0.258 e. The van der Waals surface area contributed by atoms with Crippen LogP contribution in [0.1, 0.15) is 23.6 Å². The number of hydrogen-bond donors (Lipinski definition) is 0. The Hall–Kier alpha value is -2.42. The van der Waals surface area contributed by atoms with Crippen molar-refractivity contribution in [1.29, 1.82) is 0 Å². The summed E-state index contributed by atoms with van der Waals surface area (Å²) >= 11 is 0. The molecule has 0 unspecified atom stereocenters. The maximum Gasteiger partial charge on any atom is 0.276 e. The maximum atomic E-state index is 11.1. The van der Waals surface area contributed by atoms with Gasteiger partial charge in [-0.1, -0.05) is 48.0 Å². The van der Waals surface area contributed by atoms with Crippen molar-refractivity contribution in [3.63, 3.8) is 0 Å². The molecule has 0 saturated carbocycles. The summed E-state index contributed by atoms with van der Waals surface area (Å²) in [5.41, 5.74) is 3.77. The van der Waals surface area contributed by atoms with Gasteiger partial charge in [0.25, 0.3) is 5.69 Å². The first-order chi connectivity index (χ1) is 9.08. The van der Waals surface area contributed by atoms with E-state index in [1.165, 1.54) is 0 Å². The number of rotatable bonds is 3. The van der Waals surface area contributed by atoms with Gasteiger partial charge in [0.2, 0.25) is 0 Å². The Kier molecular flexibility index (Phi) is 3.76. The topological polar surface area (TPSA) is 43.1 Å². The van der Waals surface area contributed by atoms with Crippen LogP contribution in [-0.2, 0) is 0 Å². The van der Waals surface area contributed by atoms with Crippen molar-refractivity contribution in [2.45, 2.75) is 13.8 Å². The monoisotopic (exact) mass is 253 g/mol. The van der Waals surface area contributed by atoms with E-state index in [0.29, 0.717) is 5.56 Å². The molecule has 0 radical (unpaired) electrons. The lowest BCUT2D eigenvalue weighted by Crippen LogP contribution is -1.94. The van der Waals surface area contributed by atoms with Gasteiger partial charge in [-0.25, -0.2) is 0 Å². The Morgan fingerprint density at radius 1 is 1.16 bits per heavy atom. The van der Waals surface area contributed by atoms with Crippen molar-refractivity contribution >= 4 is 17.3 Å². The van der Waals surface area contributed by atoms with Crippen LogP contribution in [0.4, 0.5) is 5.69 Å². The molecule has 0 heterocycles. The van der Waals surface area contributed by atoms with Gasteiger partial charge in [0, 0.05) is 6.07 Å². The van der Waals surface area contributed by atoms with E-state index in [2.05, 4.69) is 0 Å². The fourth-order valence-corrected chi connectivity index (χ4v) is 2.00. The van der Waals surface area contributed by atoms with Crippen LogP contribution in [0.15, 0.2) is 48.5 Å². The number of hydrogen-bond acceptors (Lipinski definition) is 2. The fraction of sp³-hybridized carbons (Fsp3) is 0.125. The van der Waals surface area contributed by atoms with Crippen LogP contribution in [0.25, 0.3) is 11.6 Å². The predicted octanol–water partition coefficient (Wildman–Crippen LogP) is 4.46. The smallest absolute Gasteiger partial charge is 0.258 e. The Labute approximate surface area is 112 Å². The predicted molar refractivity (Wildman–Crippen MR) is 77.8 cm³/mol. The Balaban J connectivity index is 2.49. The molecule has 3 nitrogen and oxygen atoms in total. The van der Waals surface area contributed by atoms with E-state index in [1.54, 1.807) is 12.1 Å². The normalized spacial score (nSPS) is 11.4. The van der Waals surface area contributed by atoms with Crippen LogP contribution in [0.2, 0.25) is 0 Å². The molecule has 0 atom stereocenters. The second-order valence-electron chi connectivity index (χ2n) is 4.52. The third kappa shape index (κ3) is 3.07. The van der Waals surface area contributed by atoms with Crippen molar-refractivity contribution in [1.82, 2.24) is 0 Å². The van der Waals surface area contributed by atoms with E-state index in [1.807, 2.05) is 56.3 Å². The fourth-order valence-electron chi connectivity index (χ4n) is 2.00. The number of allylic oxidation sites excluding steroid dienone is 1. The van der Waals surface area contributed by atoms with Crippen molar-refractivity contribution in [3.8, 4) is 0 Å². The first-order valence-corrected chi connectivity index (χ1v) is 6.06. The lowest BCUT2D eigenvalue weighted by Gasteiger charge is -2.05. The van der Waals surface area contributed by atoms with Gasteiger partial charge in [-0.3, -0.25) is 10.1 Å². The summed E-state index contributed by atoms with van der Waals surface area (Å²) in [4.78, 5) is 10.7. The van der Waals surface area contributed by atoms with Gasteiger partial charge in [-0.15, -0.1) is 0 Å². The van der Waals surface area contributed by atoms with Crippen molar-refractivity contribution in [3.05, 3.63) is 75.3 Å². The molecule has 0 N–H and O–H groups in total. The molecule has 2 aromatic rings. The molecule has 0 bridgehead atoms. The van der Waals surface area contributed by atoms with Crippen molar-refractivity contribution in [2.24, 2.45) is 0 Å². The number of nitro benzene ring substituents is 1. The van der Waals surface area contributed by atoms with Gasteiger partial charge < -0.3 is 0 Å². The molecular formula is C16H15NO2. The lowest BCUT2D eigenvalue weighted by molar-refractivity contribution is -0.385. The number of benzene rings is 2. The van der Waals surface area contributed by atoms with E-state index in [0.717, 1.165) is 16.7 Å². The standard InChI is InChI=1S/C16H15NO2/c1-12-8-9-16(17(18)19)15(10-12)13(2)11-14-6-4-3-5-7-14/h3-11H,1-2H3/b13-11-. The highest BCUT2D eigenvalue weighted by molar-refractivity contribution is 5.84. The zero-order chi connectivity index (χ0) is 13.8. The summed E-state index contributed by atoms with van der Waals surface area (Å²) in [5.74, 6) is 0. The zero-order valence-electron chi connectivity index (χ0n) is 11.0. The molecule has 3 heteroatoms. The van der Waals surface area contributed by atoms with E-state index >= 15 is 0 Å². The SMILES string of the molecule is C/C(=C/c1ccccc1)c1cc(C)ccc1[N+](=O)[O-]. The second-order valence-corrected chi connectivity index (χ2v) is 4.52. The quantitative estimate of drug-likeness (QED) is 0.460. The average Bonchev–Trinajstić information content (AvgIpc) is 2.39. The van der Waals surface area contributed by atoms with Crippen LogP contribution in [-0.4, -0.2) is 4.92 Å². The van der Waals surface area contributed by atoms with Crippen molar-refractivity contribution < 1.29 is 4.92 Å². The molecule has 0 fully saturated rings. The van der Waals surface area contributed by atoms with Crippen LogP contribution in [0, 0.1) is 17.0 Å². The van der Waals surface area contributed by atoms with Gasteiger partial charge in [0.1, 0.15) is 0 Å². The Morgan fingerprint density at radius 3 is 2.47 bits per heavy atom. The number of nitro groups is 1. The van der Waals surface area contributed by atoms with E-state index < -0.39 is 0 Å². The van der Waals surface area contributed by atoms with Gasteiger partial charge >= 0.3 is 0 Å². The van der Waals surface area contributed by atoms with Gasteiger partial charge in [-0.2, -0.15) is 0 Å². The molecule has 2 rings (SSSR count).